The van der Waals surface area contributed by atoms with E-state index in [1.54, 1.807) is 7.05 Å². The zero-order valence-corrected chi connectivity index (χ0v) is 14.1. The first kappa shape index (κ1) is 18.0. The molecule has 1 fully saturated rings. The van der Waals surface area contributed by atoms with Crippen LogP contribution in [0.4, 0.5) is 5.69 Å². The van der Waals surface area contributed by atoms with Crippen molar-refractivity contribution in [3.05, 3.63) is 33.3 Å². The lowest BCUT2D eigenvalue weighted by molar-refractivity contribution is -0.384. The van der Waals surface area contributed by atoms with Gasteiger partial charge in [-0.2, -0.15) is 5.26 Å². The van der Waals surface area contributed by atoms with Gasteiger partial charge in [0.15, 0.2) is 6.61 Å². The van der Waals surface area contributed by atoms with E-state index >= 15 is 0 Å². The number of nitro groups is 1. The molecule has 0 atom stereocenters. The van der Waals surface area contributed by atoms with Crippen LogP contribution in [0.1, 0.15) is 32.1 Å². The standard InChI is InChI=1S/C16H18ClN3O4/c1-19(16(11-18)7-3-2-4-8-16)15(21)10-24-14-6-5-12(20(22)23)9-13(14)17/h5-6,9H,2-4,7-8,10H2,1H3. The molecule has 128 valence electrons. The number of amides is 1. The Balaban J connectivity index is 2.02. The largest absolute Gasteiger partial charge is 0.482 e. The van der Waals surface area contributed by atoms with Crippen LogP contribution in [0.3, 0.4) is 0 Å². The highest BCUT2D eigenvalue weighted by atomic mass is 35.5. The van der Waals surface area contributed by atoms with E-state index in [0.29, 0.717) is 12.8 Å². The van der Waals surface area contributed by atoms with Crippen LogP contribution in [0.25, 0.3) is 0 Å². The molecular weight excluding hydrogens is 334 g/mol. The normalized spacial score (nSPS) is 16.0. The molecule has 24 heavy (non-hydrogen) atoms. The van der Waals surface area contributed by atoms with Gasteiger partial charge in [-0.15, -0.1) is 0 Å². The first-order valence-electron chi connectivity index (χ1n) is 7.64. The summed E-state index contributed by atoms with van der Waals surface area (Å²) in [5.41, 5.74) is -0.931. The quantitative estimate of drug-likeness (QED) is 0.598. The van der Waals surface area contributed by atoms with Crippen molar-refractivity contribution in [1.29, 1.82) is 5.26 Å². The molecule has 2 rings (SSSR count). The average Bonchev–Trinajstić information content (AvgIpc) is 2.60. The molecular formula is C16H18ClN3O4. The fourth-order valence-corrected chi connectivity index (χ4v) is 3.08. The maximum absolute atomic E-state index is 12.4. The molecule has 1 saturated carbocycles. The zero-order chi connectivity index (χ0) is 17.7. The number of non-ortho nitro benzene ring substituents is 1. The van der Waals surface area contributed by atoms with Gasteiger partial charge in [0.1, 0.15) is 11.3 Å². The number of carbonyl (C=O) groups is 1. The molecule has 0 saturated heterocycles. The Kier molecular flexibility index (Phi) is 5.62. The van der Waals surface area contributed by atoms with Gasteiger partial charge in [0.2, 0.25) is 0 Å². The molecule has 1 aliphatic carbocycles. The molecule has 7 nitrogen and oxygen atoms in total. The van der Waals surface area contributed by atoms with Crippen molar-refractivity contribution in [3.8, 4) is 11.8 Å². The predicted octanol–water partition coefficient (Wildman–Crippen LogP) is 3.31. The topological polar surface area (TPSA) is 96.5 Å². The minimum Gasteiger partial charge on any atom is -0.482 e. The van der Waals surface area contributed by atoms with Crippen molar-refractivity contribution in [2.45, 2.75) is 37.6 Å². The van der Waals surface area contributed by atoms with Gasteiger partial charge in [-0.1, -0.05) is 30.9 Å². The van der Waals surface area contributed by atoms with Gasteiger partial charge in [0.05, 0.1) is 16.0 Å². The lowest BCUT2D eigenvalue weighted by Crippen LogP contribution is -2.51. The summed E-state index contributed by atoms with van der Waals surface area (Å²) in [6, 6.07) is 6.06. The van der Waals surface area contributed by atoms with Crippen LogP contribution >= 0.6 is 11.6 Å². The van der Waals surface area contributed by atoms with Crippen molar-refractivity contribution in [2.24, 2.45) is 0 Å². The van der Waals surface area contributed by atoms with Crippen molar-refractivity contribution in [1.82, 2.24) is 4.90 Å². The summed E-state index contributed by atoms with van der Waals surface area (Å²) < 4.78 is 5.38. The SMILES string of the molecule is CN(C(=O)COc1ccc([N+](=O)[O-])cc1Cl)C1(C#N)CCCCC1. The van der Waals surface area contributed by atoms with E-state index in [4.69, 9.17) is 16.3 Å². The average molecular weight is 352 g/mol. The molecule has 0 aliphatic heterocycles. The Bertz CT molecular complexity index is 680. The van der Waals surface area contributed by atoms with E-state index in [1.165, 1.54) is 23.1 Å². The number of nitrogens with zero attached hydrogens (tertiary/aromatic N) is 3. The second kappa shape index (κ2) is 7.49. The molecule has 1 amide bonds. The fraction of sp³-hybridized carbons (Fsp3) is 0.500. The molecule has 0 radical (unpaired) electrons. The number of hydrogen-bond acceptors (Lipinski definition) is 5. The number of nitriles is 1. The summed E-state index contributed by atoms with van der Waals surface area (Å²) in [7, 11) is 1.61. The maximum Gasteiger partial charge on any atom is 0.271 e. The molecule has 8 heteroatoms. The molecule has 1 aromatic rings. The lowest BCUT2D eigenvalue weighted by Gasteiger charge is -2.38. The number of rotatable bonds is 5. The number of halogens is 1. The molecule has 0 unspecified atom stereocenters. The number of ether oxygens (including phenoxy) is 1. The third-order valence-electron chi connectivity index (χ3n) is 4.38. The summed E-state index contributed by atoms with van der Waals surface area (Å²) in [5.74, 6) is -0.133. The van der Waals surface area contributed by atoms with Gasteiger partial charge in [0.25, 0.3) is 11.6 Å². The molecule has 0 N–H and O–H groups in total. The molecule has 0 spiro atoms. The third-order valence-corrected chi connectivity index (χ3v) is 4.68. The first-order valence-corrected chi connectivity index (χ1v) is 8.02. The highest BCUT2D eigenvalue weighted by Gasteiger charge is 2.38. The Morgan fingerprint density at radius 3 is 2.67 bits per heavy atom. The fourth-order valence-electron chi connectivity index (χ4n) is 2.85. The second-order valence-corrected chi connectivity index (χ2v) is 6.22. The van der Waals surface area contributed by atoms with Crippen molar-refractivity contribution in [2.75, 3.05) is 13.7 Å². The summed E-state index contributed by atoms with van der Waals surface area (Å²) >= 11 is 5.93. The Morgan fingerprint density at radius 1 is 1.46 bits per heavy atom. The van der Waals surface area contributed by atoms with Gasteiger partial charge in [-0.25, -0.2) is 0 Å². The summed E-state index contributed by atoms with van der Waals surface area (Å²) in [4.78, 5) is 23.9. The number of carbonyl (C=O) groups excluding carboxylic acids is 1. The first-order chi connectivity index (χ1) is 11.4. The lowest BCUT2D eigenvalue weighted by atomic mass is 9.81. The maximum atomic E-state index is 12.4. The smallest absolute Gasteiger partial charge is 0.271 e. The van der Waals surface area contributed by atoms with Gasteiger partial charge in [-0.3, -0.25) is 14.9 Å². The van der Waals surface area contributed by atoms with E-state index < -0.39 is 10.5 Å². The Labute approximate surface area is 144 Å². The van der Waals surface area contributed by atoms with Crippen molar-refractivity contribution in [3.63, 3.8) is 0 Å². The molecule has 1 aliphatic rings. The van der Waals surface area contributed by atoms with Crippen LogP contribution in [0.5, 0.6) is 5.75 Å². The predicted molar refractivity (Wildman–Crippen MR) is 87.8 cm³/mol. The Hall–Kier alpha value is -2.33. The van der Waals surface area contributed by atoms with Crippen LogP contribution in [0.2, 0.25) is 5.02 Å². The van der Waals surface area contributed by atoms with Gasteiger partial charge >= 0.3 is 0 Å². The van der Waals surface area contributed by atoms with E-state index in [2.05, 4.69) is 6.07 Å². The van der Waals surface area contributed by atoms with Gasteiger partial charge in [-0.05, 0) is 18.9 Å². The second-order valence-electron chi connectivity index (χ2n) is 5.82. The Morgan fingerprint density at radius 2 is 2.12 bits per heavy atom. The summed E-state index contributed by atoms with van der Waals surface area (Å²) in [6.45, 7) is -0.280. The highest BCUT2D eigenvalue weighted by molar-refractivity contribution is 6.32. The van der Waals surface area contributed by atoms with E-state index in [-0.39, 0.29) is 29.0 Å². The zero-order valence-electron chi connectivity index (χ0n) is 13.3. The van der Waals surface area contributed by atoms with E-state index in [1.807, 2.05) is 0 Å². The number of nitro benzene ring substituents is 1. The monoisotopic (exact) mass is 351 g/mol. The number of hydrogen-bond donors (Lipinski definition) is 0. The summed E-state index contributed by atoms with van der Waals surface area (Å²) in [6.07, 6.45) is 4.22. The molecule has 0 aromatic heterocycles. The molecule has 0 heterocycles. The number of benzene rings is 1. The minimum atomic E-state index is -0.780. The van der Waals surface area contributed by atoms with Crippen LogP contribution in [0, 0.1) is 21.4 Å². The summed E-state index contributed by atoms with van der Waals surface area (Å²) in [5, 5.41) is 20.2. The van der Waals surface area contributed by atoms with Gasteiger partial charge < -0.3 is 9.64 Å². The number of likely N-dealkylation sites (N-methyl/N-ethyl adjacent to an activating group) is 1. The van der Waals surface area contributed by atoms with Crippen LogP contribution in [-0.4, -0.2) is 34.9 Å². The van der Waals surface area contributed by atoms with E-state index in [9.17, 15) is 20.2 Å². The van der Waals surface area contributed by atoms with Crippen molar-refractivity contribution < 1.29 is 14.5 Å². The molecule has 0 bridgehead atoms. The van der Waals surface area contributed by atoms with Gasteiger partial charge in [0, 0.05) is 19.2 Å². The van der Waals surface area contributed by atoms with E-state index in [0.717, 1.165) is 19.3 Å². The highest BCUT2D eigenvalue weighted by Crippen LogP contribution is 2.33. The van der Waals surface area contributed by atoms with Crippen LogP contribution < -0.4 is 4.74 Å². The molecule has 1 aromatic carbocycles. The minimum absolute atomic E-state index is 0.0623. The van der Waals surface area contributed by atoms with Crippen LogP contribution in [0.15, 0.2) is 18.2 Å². The van der Waals surface area contributed by atoms with Crippen molar-refractivity contribution >= 4 is 23.2 Å². The van der Waals surface area contributed by atoms with Crippen LogP contribution in [-0.2, 0) is 4.79 Å². The third kappa shape index (κ3) is 3.77.